The van der Waals surface area contributed by atoms with Gasteiger partial charge in [0.2, 0.25) is 17.7 Å². The standard InChI is InChI=1S/C26H35N5O3/c1-19-17-23(30-13-3-2-4-14-30)29-22-9-8-20(18-21(19)22)28-25(33)11-10-24(32)27-12-6-16-31-15-5-7-26(31)34/h8-9,17-18H,2-7,10-16H2,1H3,(H,27,32)(H,28,33). The van der Waals surface area contributed by atoms with Crippen LogP contribution in [0.15, 0.2) is 24.3 Å². The van der Waals surface area contributed by atoms with E-state index in [9.17, 15) is 14.4 Å². The Morgan fingerprint density at radius 3 is 2.56 bits per heavy atom. The van der Waals surface area contributed by atoms with E-state index >= 15 is 0 Å². The van der Waals surface area contributed by atoms with Crippen molar-refractivity contribution in [2.75, 3.05) is 42.9 Å². The summed E-state index contributed by atoms with van der Waals surface area (Å²) in [5, 5.41) is 6.76. The molecule has 4 rings (SSSR count). The fraction of sp³-hybridized carbons (Fsp3) is 0.538. The van der Waals surface area contributed by atoms with E-state index in [1.165, 1.54) is 19.3 Å². The molecule has 0 atom stereocenters. The Kier molecular flexibility index (Phi) is 7.98. The van der Waals surface area contributed by atoms with Crippen molar-refractivity contribution in [3.63, 3.8) is 0 Å². The van der Waals surface area contributed by atoms with E-state index in [1.807, 2.05) is 23.1 Å². The number of nitrogens with zero attached hydrogens (tertiary/aromatic N) is 3. The number of carbonyl (C=O) groups excluding carboxylic acids is 3. The molecule has 1 aromatic heterocycles. The van der Waals surface area contributed by atoms with Gasteiger partial charge in [-0.2, -0.15) is 0 Å². The Labute approximate surface area is 201 Å². The van der Waals surface area contributed by atoms with Crippen molar-refractivity contribution in [3.8, 4) is 0 Å². The largest absolute Gasteiger partial charge is 0.357 e. The summed E-state index contributed by atoms with van der Waals surface area (Å²) in [7, 11) is 0. The molecule has 8 nitrogen and oxygen atoms in total. The van der Waals surface area contributed by atoms with Crippen LogP contribution >= 0.6 is 0 Å². The van der Waals surface area contributed by atoms with Crippen LogP contribution in [0.5, 0.6) is 0 Å². The first kappa shape index (κ1) is 24.0. The van der Waals surface area contributed by atoms with Gasteiger partial charge >= 0.3 is 0 Å². The maximum absolute atomic E-state index is 12.4. The van der Waals surface area contributed by atoms with Crippen molar-refractivity contribution in [1.29, 1.82) is 0 Å². The summed E-state index contributed by atoms with van der Waals surface area (Å²) in [5.74, 6) is 0.893. The topological polar surface area (TPSA) is 94.6 Å². The Morgan fingerprint density at radius 1 is 1.00 bits per heavy atom. The molecule has 182 valence electrons. The Balaban J connectivity index is 1.23. The molecule has 3 amide bonds. The lowest BCUT2D eigenvalue weighted by Gasteiger charge is -2.28. The van der Waals surface area contributed by atoms with Gasteiger partial charge in [-0.25, -0.2) is 4.98 Å². The molecule has 0 unspecified atom stereocenters. The van der Waals surface area contributed by atoms with E-state index in [0.29, 0.717) is 25.2 Å². The zero-order valence-electron chi connectivity index (χ0n) is 20.1. The number of aromatic nitrogens is 1. The SMILES string of the molecule is Cc1cc(N2CCCCC2)nc2ccc(NC(=O)CCC(=O)NCCCN3CCCC3=O)cc12. The molecule has 2 aliphatic rings. The number of hydrogen-bond acceptors (Lipinski definition) is 5. The first-order valence-electron chi connectivity index (χ1n) is 12.5. The molecule has 2 aromatic rings. The minimum absolute atomic E-state index is 0.125. The van der Waals surface area contributed by atoms with E-state index in [1.54, 1.807) is 0 Å². The van der Waals surface area contributed by atoms with Crippen molar-refractivity contribution >= 4 is 40.1 Å². The fourth-order valence-electron chi connectivity index (χ4n) is 4.72. The second kappa shape index (κ2) is 11.3. The molecule has 2 fully saturated rings. The highest BCUT2D eigenvalue weighted by Gasteiger charge is 2.19. The van der Waals surface area contributed by atoms with Gasteiger partial charge in [-0.1, -0.05) is 0 Å². The Hall–Kier alpha value is -3.16. The summed E-state index contributed by atoms with van der Waals surface area (Å²) in [6.07, 6.45) is 6.26. The lowest BCUT2D eigenvalue weighted by Crippen LogP contribution is -2.31. The smallest absolute Gasteiger partial charge is 0.224 e. The first-order valence-corrected chi connectivity index (χ1v) is 12.5. The van der Waals surface area contributed by atoms with Crippen LogP contribution in [0.4, 0.5) is 11.5 Å². The number of pyridine rings is 1. The third-order valence-electron chi connectivity index (χ3n) is 6.64. The molecule has 0 radical (unpaired) electrons. The van der Waals surface area contributed by atoms with Gasteiger partial charge in [0, 0.05) is 63.1 Å². The number of carbonyl (C=O) groups is 3. The number of aryl methyl sites for hydroxylation is 1. The molecule has 0 spiro atoms. The number of benzene rings is 1. The van der Waals surface area contributed by atoms with Crippen LogP contribution in [0.25, 0.3) is 10.9 Å². The highest BCUT2D eigenvalue weighted by molar-refractivity contribution is 5.96. The van der Waals surface area contributed by atoms with Gasteiger partial charge in [-0.3, -0.25) is 14.4 Å². The molecule has 34 heavy (non-hydrogen) atoms. The third-order valence-corrected chi connectivity index (χ3v) is 6.64. The predicted molar refractivity (Wildman–Crippen MR) is 134 cm³/mol. The van der Waals surface area contributed by atoms with Crippen LogP contribution in [0.1, 0.15) is 56.9 Å². The lowest BCUT2D eigenvalue weighted by molar-refractivity contribution is -0.127. The van der Waals surface area contributed by atoms with Gasteiger partial charge in [0.25, 0.3) is 0 Å². The highest BCUT2D eigenvalue weighted by Crippen LogP contribution is 2.27. The van der Waals surface area contributed by atoms with Crippen LogP contribution < -0.4 is 15.5 Å². The average Bonchev–Trinajstić information content (AvgIpc) is 3.26. The highest BCUT2D eigenvalue weighted by atomic mass is 16.2. The number of piperidine rings is 1. The summed E-state index contributed by atoms with van der Waals surface area (Å²) in [6.45, 7) is 6.19. The van der Waals surface area contributed by atoms with E-state index < -0.39 is 0 Å². The molecule has 1 aromatic carbocycles. The molecule has 2 aliphatic heterocycles. The quantitative estimate of drug-likeness (QED) is 0.554. The van der Waals surface area contributed by atoms with Crippen LogP contribution in [0.3, 0.4) is 0 Å². The normalized spacial score (nSPS) is 16.2. The molecule has 2 saturated heterocycles. The number of hydrogen-bond donors (Lipinski definition) is 2. The second-order valence-electron chi connectivity index (χ2n) is 9.31. The van der Waals surface area contributed by atoms with Gasteiger partial charge in [-0.15, -0.1) is 0 Å². The van der Waals surface area contributed by atoms with Crippen molar-refractivity contribution < 1.29 is 14.4 Å². The summed E-state index contributed by atoms with van der Waals surface area (Å²) < 4.78 is 0. The molecular weight excluding hydrogens is 430 g/mol. The number of anilines is 2. The van der Waals surface area contributed by atoms with E-state index in [-0.39, 0.29) is 30.6 Å². The van der Waals surface area contributed by atoms with Crippen molar-refractivity contribution in [3.05, 3.63) is 29.8 Å². The zero-order valence-corrected chi connectivity index (χ0v) is 20.1. The Bertz CT molecular complexity index is 1050. The Morgan fingerprint density at radius 2 is 1.79 bits per heavy atom. The van der Waals surface area contributed by atoms with Crippen LogP contribution in [0, 0.1) is 6.92 Å². The van der Waals surface area contributed by atoms with E-state index in [4.69, 9.17) is 4.98 Å². The van der Waals surface area contributed by atoms with Crippen molar-refractivity contribution in [2.45, 2.75) is 58.3 Å². The van der Waals surface area contributed by atoms with Crippen LogP contribution in [0.2, 0.25) is 0 Å². The van der Waals surface area contributed by atoms with Crippen LogP contribution in [-0.2, 0) is 14.4 Å². The molecule has 2 N–H and O–H groups in total. The summed E-state index contributed by atoms with van der Waals surface area (Å²) >= 11 is 0. The third kappa shape index (κ3) is 6.24. The number of rotatable bonds is 9. The summed E-state index contributed by atoms with van der Waals surface area (Å²) in [4.78, 5) is 45.1. The van der Waals surface area contributed by atoms with Gasteiger partial charge in [0.15, 0.2) is 0 Å². The molecule has 8 heteroatoms. The number of nitrogens with one attached hydrogen (secondary N) is 2. The molecule has 0 bridgehead atoms. The molecule has 3 heterocycles. The average molecular weight is 466 g/mol. The second-order valence-corrected chi connectivity index (χ2v) is 9.31. The minimum atomic E-state index is -0.187. The monoisotopic (exact) mass is 465 g/mol. The maximum atomic E-state index is 12.4. The minimum Gasteiger partial charge on any atom is -0.357 e. The molecule has 0 saturated carbocycles. The van der Waals surface area contributed by atoms with Gasteiger partial charge in [-0.05, 0) is 68.9 Å². The first-order chi connectivity index (χ1) is 16.5. The van der Waals surface area contributed by atoms with Gasteiger partial charge < -0.3 is 20.4 Å². The summed E-state index contributed by atoms with van der Waals surface area (Å²) in [5.41, 5.74) is 2.77. The zero-order chi connectivity index (χ0) is 23.9. The van der Waals surface area contributed by atoms with E-state index in [0.717, 1.165) is 54.8 Å². The van der Waals surface area contributed by atoms with Crippen LogP contribution in [-0.4, -0.2) is 60.3 Å². The lowest BCUT2D eigenvalue weighted by atomic mass is 10.1. The predicted octanol–water partition coefficient (Wildman–Crippen LogP) is 3.38. The summed E-state index contributed by atoms with van der Waals surface area (Å²) in [6, 6.07) is 7.90. The fourth-order valence-corrected chi connectivity index (χ4v) is 4.72. The van der Waals surface area contributed by atoms with E-state index in [2.05, 4.69) is 28.5 Å². The molecular formula is C26H35N5O3. The van der Waals surface area contributed by atoms with Gasteiger partial charge in [0.1, 0.15) is 5.82 Å². The number of amides is 3. The number of fused-ring (bicyclic) bond motifs is 1. The maximum Gasteiger partial charge on any atom is 0.224 e. The van der Waals surface area contributed by atoms with Gasteiger partial charge in [0.05, 0.1) is 5.52 Å². The van der Waals surface area contributed by atoms with Crippen molar-refractivity contribution in [2.24, 2.45) is 0 Å². The number of likely N-dealkylation sites (tertiary alicyclic amines) is 1. The van der Waals surface area contributed by atoms with Crippen molar-refractivity contribution in [1.82, 2.24) is 15.2 Å². The molecule has 0 aliphatic carbocycles.